The van der Waals surface area contributed by atoms with Crippen molar-refractivity contribution in [2.24, 2.45) is 5.41 Å². The van der Waals surface area contributed by atoms with Crippen LogP contribution in [0.3, 0.4) is 0 Å². The highest BCUT2D eigenvalue weighted by atomic mass is 19.3. The predicted molar refractivity (Wildman–Crippen MR) is 153 cm³/mol. The van der Waals surface area contributed by atoms with Crippen LogP contribution in [-0.4, -0.2) is 33.5 Å². The molecule has 4 N–H and O–H groups in total. The van der Waals surface area contributed by atoms with Gasteiger partial charge < -0.3 is 16.1 Å². The van der Waals surface area contributed by atoms with Gasteiger partial charge in [0.05, 0.1) is 34.1 Å². The van der Waals surface area contributed by atoms with Crippen molar-refractivity contribution in [1.29, 1.82) is 10.5 Å². The zero-order chi connectivity index (χ0) is 29.5. The minimum atomic E-state index is -2.50. The number of halogens is 2. The fourth-order valence-electron chi connectivity index (χ4n) is 5.00. The van der Waals surface area contributed by atoms with Gasteiger partial charge in [0.25, 0.3) is 6.43 Å². The molecule has 1 aliphatic heterocycles. The molecule has 1 aromatic carbocycles. The molecule has 1 aliphatic carbocycles. The molecule has 0 radical (unpaired) electrons. The highest BCUT2D eigenvalue weighted by molar-refractivity contribution is 5.99. The highest BCUT2D eigenvalue weighted by Crippen LogP contribution is 2.47. The molecule has 0 unspecified atom stereocenters. The third-order valence-electron chi connectivity index (χ3n) is 7.44. The molecular weight excluding hydrogens is 524 g/mol. The summed E-state index contributed by atoms with van der Waals surface area (Å²) in [7, 11) is 0. The molecule has 2 aliphatic rings. The molecule has 11 heteroatoms. The maximum Gasteiger partial charge on any atom is 0.262 e. The van der Waals surface area contributed by atoms with Crippen LogP contribution in [0.2, 0.25) is 0 Å². The molecule has 212 valence electrons. The molecular formula is C30H33F2N9. The van der Waals surface area contributed by atoms with Crippen LogP contribution in [0, 0.1) is 41.9 Å². The minimum Gasteiger partial charge on any atom is -0.383 e. The van der Waals surface area contributed by atoms with E-state index in [0.29, 0.717) is 58.5 Å². The summed E-state index contributed by atoms with van der Waals surface area (Å²) < 4.78 is 27.7. The number of pyridine rings is 2. The van der Waals surface area contributed by atoms with Crippen molar-refractivity contribution < 1.29 is 8.78 Å². The molecule has 41 heavy (non-hydrogen) atoms. The Morgan fingerprint density at radius 1 is 1.12 bits per heavy atom. The van der Waals surface area contributed by atoms with E-state index in [1.165, 1.54) is 11.2 Å². The molecule has 0 saturated heterocycles. The predicted octanol–water partition coefficient (Wildman–Crippen LogP) is 5.57. The monoisotopic (exact) mass is 557 g/mol. The van der Waals surface area contributed by atoms with Crippen LogP contribution < -0.4 is 21.6 Å². The molecule has 1 atom stereocenters. The molecule has 3 aromatic rings. The van der Waals surface area contributed by atoms with E-state index in [-0.39, 0.29) is 5.41 Å². The van der Waals surface area contributed by atoms with Gasteiger partial charge in [0.2, 0.25) is 0 Å². The number of aryl methyl sites for hydroxylation is 2. The number of benzene rings is 1. The van der Waals surface area contributed by atoms with Gasteiger partial charge in [-0.3, -0.25) is 15.0 Å². The zero-order valence-corrected chi connectivity index (χ0v) is 23.7. The van der Waals surface area contributed by atoms with Crippen molar-refractivity contribution >= 4 is 22.3 Å². The lowest BCUT2D eigenvalue weighted by Crippen LogP contribution is -2.48. The molecule has 2 aromatic heterocycles. The number of aromatic nitrogens is 2. The first-order valence-corrected chi connectivity index (χ1v) is 13.5. The summed E-state index contributed by atoms with van der Waals surface area (Å²) in [6, 6.07) is 11.4. The lowest BCUT2D eigenvalue weighted by molar-refractivity contribution is 0.00911. The quantitative estimate of drug-likeness (QED) is 0.281. The van der Waals surface area contributed by atoms with E-state index in [1.807, 2.05) is 32.0 Å². The highest BCUT2D eigenvalue weighted by Gasteiger charge is 2.56. The molecule has 0 spiro atoms. The van der Waals surface area contributed by atoms with Crippen molar-refractivity contribution in [2.45, 2.75) is 65.5 Å². The summed E-state index contributed by atoms with van der Waals surface area (Å²) >= 11 is 0. The maximum absolute atomic E-state index is 13.9. The Kier molecular flexibility index (Phi) is 7.18. The second-order valence-corrected chi connectivity index (χ2v) is 11.9. The van der Waals surface area contributed by atoms with Gasteiger partial charge in [-0.2, -0.15) is 10.5 Å². The second-order valence-electron chi connectivity index (χ2n) is 11.9. The van der Waals surface area contributed by atoms with Gasteiger partial charge >= 0.3 is 0 Å². The Morgan fingerprint density at radius 2 is 1.85 bits per heavy atom. The van der Waals surface area contributed by atoms with Crippen molar-refractivity contribution in [1.82, 2.24) is 25.9 Å². The number of nitrogens with zero attached hydrogens (tertiary/aromatic N) is 5. The lowest BCUT2D eigenvalue weighted by atomic mass is 9.96. The van der Waals surface area contributed by atoms with E-state index in [1.54, 1.807) is 12.3 Å². The van der Waals surface area contributed by atoms with E-state index in [4.69, 9.17) is 0 Å². The Morgan fingerprint density at radius 3 is 2.46 bits per heavy atom. The van der Waals surface area contributed by atoms with Gasteiger partial charge in [0, 0.05) is 47.0 Å². The molecule has 5 rings (SSSR count). The molecule has 3 heterocycles. The summed E-state index contributed by atoms with van der Waals surface area (Å²) in [4.78, 5) is 9.06. The zero-order valence-electron chi connectivity index (χ0n) is 23.7. The van der Waals surface area contributed by atoms with E-state index in [0.717, 1.165) is 17.0 Å². The molecule has 1 saturated carbocycles. The van der Waals surface area contributed by atoms with Crippen molar-refractivity contribution in [2.75, 3.05) is 17.2 Å². The fourth-order valence-corrected chi connectivity index (χ4v) is 5.00. The van der Waals surface area contributed by atoms with Crippen LogP contribution >= 0.6 is 0 Å². The normalized spacial score (nSPS) is 16.5. The average molecular weight is 558 g/mol. The minimum absolute atomic E-state index is 0.0616. The number of rotatable bonds is 8. The summed E-state index contributed by atoms with van der Waals surface area (Å²) in [6.07, 6.45) is 1.44. The number of nitrogens with one attached hydrogen (secondary N) is 4. The Bertz CT molecular complexity index is 1610. The average Bonchev–Trinajstić information content (AvgIpc) is 3.60. The first-order chi connectivity index (χ1) is 19.5. The summed E-state index contributed by atoms with van der Waals surface area (Å²) in [5.74, 6) is 0. The molecule has 0 amide bonds. The van der Waals surface area contributed by atoms with Gasteiger partial charge in [-0.1, -0.05) is 26.8 Å². The van der Waals surface area contributed by atoms with Gasteiger partial charge in [-0.15, -0.1) is 5.53 Å². The van der Waals surface area contributed by atoms with Crippen LogP contribution in [0.25, 0.3) is 10.9 Å². The van der Waals surface area contributed by atoms with Gasteiger partial charge in [0.1, 0.15) is 17.7 Å². The number of alkyl halides is 2. The van der Waals surface area contributed by atoms with E-state index in [2.05, 4.69) is 64.5 Å². The maximum atomic E-state index is 13.9. The molecule has 1 fully saturated rings. The number of hydrogen-bond donors (Lipinski definition) is 4. The fraction of sp³-hybridized carbons (Fsp3) is 0.400. The van der Waals surface area contributed by atoms with Crippen LogP contribution in [0.4, 0.5) is 20.2 Å². The number of nitriles is 2. The standard InChI is InChI=1S/C30H33F2N9/c1-17-6-7-22(18(2)37-17)27(24-15-41(40-39-24)30(8-9-30)28(31)32)38-21-10-19(12-33)25-23(11-21)26(20(13-34)14-35-25)36-16-29(3,4)5/h6-7,10-11,14-15,27-28,38-40H,8-9,16H2,1-5H3,(H,35,36)/t27-/m0/s1. The third kappa shape index (κ3) is 5.46. The SMILES string of the molecule is Cc1ccc([C@H](Nc2cc(C#N)c3ncc(C#N)c(NCC(C)(C)C)c3c2)C2=CN(C3(C(F)F)CC3)NN2)c(C)n1. The van der Waals surface area contributed by atoms with Crippen LogP contribution in [0.5, 0.6) is 0 Å². The van der Waals surface area contributed by atoms with Crippen molar-refractivity contribution in [3.63, 3.8) is 0 Å². The van der Waals surface area contributed by atoms with Crippen molar-refractivity contribution in [3.8, 4) is 12.1 Å². The Hall–Kier alpha value is -4.48. The number of hydrazine groups is 2. The first kappa shape index (κ1) is 28.1. The van der Waals surface area contributed by atoms with Gasteiger partial charge in [-0.25, -0.2) is 8.78 Å². The summed E-state index contributed by atoms with van der Waals surface area (Å²) in [5.41, 5.74) is 10.2. The summed E-state index contributed by atoms with van der Waals surface area (Å²) in [6.45, 7) is 10.7. The second kappa shape index (κ2) is 10.5. The molecule has 9 nitrogen and oxygen atoms in total. The lowest BCUT2D eigenvalue weighted by Gasteiger charge is -2.25. The van der Waals surface area contributed by atoms with Crippen LogP contribution in [0.1, 0.15) is 67.7 Å². The van der Waals surface area contributed by atoms with E-state index >= 15 is 0 Å². The van der Waals surface area contributed by atoms with Crippen molar-refractivity contribution in [3.05, 3.63) is 70.4 Å². The number of fused-ring (bicyclic) bond motifs is 1. The Labute approximate surface area is 238 Å². The number of anilines is 2. The third-order valence-corrected chi connectivity index (χ3v) is 7.44. The van der Waals surface area contributed by atoms with E-state index in [9.17, 15) is 19.3 Å². The van der Waals surface area contributed by atoms with Gasteiger partial charge in [-0.05, 0) is 50.3 Å². The Balaban J connectivity index is 1.61. The van der Waals surface area contributed by atoms with Crippen LogP contribution in [-0.2, 0) is 0 Å². The smallest absolute Gasteiger partial charge is 0.262 e. The molecule has 0 bridgehead atoms. The first-order valence-electron chi connectivity index (χ1n) is 13.5. The largest absolute Gasteiger partial charge is 0.383 e. The van der Waals surface area contributed by atoms with Gasteiger partial charge in [0.15, 0.2) is 0 Å². The summed E-state index contributed by atoms with van der Waals surface area (Å²) in [5, 5.41) is 28.9. The number of hydrogen-bond acceptors (Lipinski definition) is 9. The van der Waals surface area contributed by atoms with Crippen LogP contribution in [0.15, 0.2) is 42.4 Å². The topological polar surface area (TPSA) is 125 Å². The van der Waals surface area contributed by atoms with E-state index < -0.39 is 18.0 Å².